The maximum absolute atomic E-state index is 12.4. The van der Waals surface area contributed by atoms with E-state index in [0.29, 0.717) is 30.2 Å². The van der Waals surface area contributed by atoms with Crippen molar-refractivity contribution in [1.29, 1.82) is 0 Å². The lowest BCUT2D eigenvalue weighted by atomic mass is 9.91. The minimum absolute atomic E-state index is 0.188. The molecule has 5 rings (SSSR count). The number of terminal acetylenes is 1. The molecule has 3 heterocycles. The molecule has 2 aromatic carbocycles. The number of primary amides is 1. The number of nitrogens with zero attached hydrogens (tertiary/aromatic N) is 3. The molecule has 1 fully saturated rings. The maximum atomic E-state index is 12.4. The van der Waals surface area contributed by atoms with Crippen molar-refractivity contribution in [2.24, 2.45) is 5.73 Å². The highest BCUT2D eigenvalue weighted by atomic mass is 16.5. The lowest BCUT2D eigenvalue weighted by molar-refractivity contribution is -0.126. The second-order valence-corrected chi connectivity index (χ2v) is 8.21. The highest BCUT2D eigenvalue weighted by Crippen LogP contribution is 2.34. The van der Waals surface area contributed by atoms with Gasteiger partial charge in [-0.1, -0.05) is 18.2 Å². The highest BCUT2D eigenvalue weighted by molar-refractivity contribution is 5.98. The van der Waals surface area contributed by atoms with Gasteiger partial charge in [-0.3, -0.25) is 14.7 Å². The molecule has 1 aliphatic rings. The van der Waals surface area contributed by atoms with E-state index in [1.54, 1.807) is 9.42 Å². The molecule has 3 N–H and O–H groups in total. The van der Waals surface area contributed by atoms with E-state index in [2.05, 4.69) is 11.0 Å². The van der Waals surface area contributed by atoms with Crippen LogP contribution in [0.15, 0.2) is 60.8 Å². The van der Waals surface area contributed by atoms with Crippen molar-refractivity contribution in [3.8, 4) is 35.1 Å². The maximum Gasteiger partial charge on any atom is 0.298 e. The van der Waals surface area contributed by atoms with Gasteiger partial charge in [0.15, 0.2) is 11.3 Å². The van der Waals surface area contributed by atoms with Crippen LogP contribution >= 0.6 is 0 Å². The van der Waals surface area contributed by atoms with Crippen molar-refractivity contribution in [2.45, 2.75) is 18.8 Å². The van der Waals surface area contributed by atoms with Crippen molar-refractivity contribution in [3.05, 3.63) is 72.1 Å². The molecule has 170 valence electrons. The van der Waals surface area contributed by atoms with E-state index in [9.17, 15) is 9.59 Å². The molecule has 8 heteroatoms. The molecule has 0 spiro atoms. The van der Waals surface area contributed by atoms with E-state index in [0.717, 1.165) is 29.7 Å². The average Bonchev–Trinajstić information content (AvgIpc) is 3.44. The van der Waals surface area contributed by atoms with Gasteiger partial charge in [-0.25, -0.2) is 9.50 Å². The molecule has 0 atom stereocenters. The van der Waals surface area contributed by atoms with E-state index >= 15 is 0 Å². The largest absolute Gasteiger partial charge is 0.457 e. The summed E-state index contributed by atoms with van der Waals surface area (Å²) in [5, 5.41) is 3.13. The SMILES string of the molecule is C#CC(=O)N1CCC(c2c[nH]n3c(C(N)=O)c(-c4ccc(Oc5ccccc5)cc4)nc23)CC1. The number of carbonyl (C=O) groups is 2. The number of nitrogens with one attached hydrogen (secondary N) is 1. The molecule has 0 unspecified atom stereocenters. The van der Waals surface area contributed by atoms with Gasteiger partial charge in [0.05, 0.1) is 0 Å². The molecule has 0 radical (unpaired) electrons. The van der Waals surface area contributed by atoms with Gasteiger partial charge < -0.3 is 15.4 Å². The predicted octanol–water partition coefficient (Wildman–Crippen LogP) is 3.56. The van der Waals surface area contributed by atoms with Gasteiger partial charge in [-0.05, 0) is 61.1 Å². The van der Waals surface area contributed by atoms with Crippen LogP contribution in [0.3, 0.4) is 0 Å². The van der Waals surface area contributed by atoms with Crippen molar-refractivity contribution in [1.82, 2.24) is 19.5 Å². The number of carbonyl (C=O) groups excluding carboxylic acids is 2. The first-order valence-electron chi connectivity index (χ1n) is 11.0. The van der Waals surface area contributed by atoms with Crippen LogP contribution in [0.1, 0.15) is 34.8 Å². The van der Waals surface area contributed by atoms with Crippen LogP contribution in [0.2, 0.25) is 0 Å². The van der Waals surface area contributed by atoms with Crippen LogP contribution in [0.4, 0.5) is 0 Å². The first kappa shape index (κ1) is 21.3. The molecular formula is C26H23N5O3. The molecule has 0 aliphatic carbocycles. The van der Waals surface area contributed by atoms with Crippen LogP contribution in [0.5, 0.6) is 11.5 Å². The number of aromatic nitrogens is 3. The summed E-state index contributed by atoms with van der Waals surface area (Å²) < 4.78 is 7.50. The molecular weight excluding hydrogens is 430 g/mol. The Bertz CT molecular complexity index is 1390. The Kier molecular flexibility index (Phi) is 5.52. The fourth-order valence-electron chi connectivity index (χ4n) is 4.46. The number of hydrogen-bond acceptors (Lipinski definition) is 4. The third-order valence-electron chi connectivity index (χ3n) is 6.17. The average molecular weight is 454 g/mol. The van der Waals surface area contributed by atoms with E-state index in [4.69, 9.17) is 21.9 Å². The molecule has 0 bridgehead atoms. The monoisotopic (exact) mass is 453 g/mol. The summed E-state index contributed by atoms with van der Waals surface area (Å²) in [6, 6.07) is 16.9. The number of imidazole rings is 1. The third kappa shape index (κ3) is 3.88. The number of para-hydroxylation sites is 1. The zero-order valence-corrected chi connectivity index (χ0v) is 18.4. The van der Waals surface area contributed by atoms with Crippen molar-refractivity contribution in [3.63, 3.8) is 0 Å². The first-order chi connectivity index (χ1) is 16.5. The fraction of sp³-hybridized carbons (Fsp3) is 0.192. The van der Waals surface area contributed by atoms with E-state index in [-0.39, 0.29) is 17.5 Å². The van der Waals surface area contributed by atoms with Crippen molar-refractivity contribution < 1.29 is 14.3 Å². The summed E-state index contributed by atoms with van der Waals surface area (Å²) >= 11 is 0. The molecule has 34 heavy (non-hydrogen) atoms. The molecule has 1 aliphatic heterocycles. The second kappa shape index (κ2) is 8.79. The topological polar surface area (TPSA) is 106 Å². The van der Waals surface area contributed by atoms with Crippen molar-refractivity contribution in [2.75, 3.05) is 13.1 Å². The summed E-state index contributed by atoms with van der Waals surface area (Å²) in [7, 11) is 0. The number of piperidine rings is 1. The summed E-state index contributed by atoms with van der Waals surface area (Å²) in [6.07, 6.45) is 8.63. The summed E-state index contributed by atoms with van der Waals surface area (Å²) in [5.74, 6) is 2.92. The number of H-pyrrole nitrogens is 1. The lowest BCUT2D eigenvalue weighted by Crippen LogP contribution is -2.37. The summed E-state index contributed by atoms with van der Waals surface area (Å²) in [4.78, 5) is 30.6. The lowest BCUT2D eigenvalue weighted by Gasteiger charge is -2.30. The molecule has 2 aromatic heterocycles. The predicted molar refractivity (Wildman–Crippen MR) is 127 cm³/mol. The Morgan fingerprint density at radius 1 is 1.06 bits per heavy atom. The standard InChI is InChI=1S/C26H23N5O3/c1-2-22(32)30-14-12-17(13-15-30)21-16-28-31-24(25(27)33)23(29-26(21)31)18-8-10-20(11-9-18)34-19-6-4-3-5-7-19/h1,3-11,16-17,28H,12-15H2,(H2,27,33). The zero-order chi connectivity index (χ0) is 23.7. The Hall–Kier alpha value is -4.51. The quantitative estimate of drug-likeness (QED) is 0.451. The van der Waals surface area contributed by atoms with E-state index in [1.165, 1.54) is 0 Å². The number of fused-ring (bicyclic) bond motifs is 1. The van der Waals surface area contributed by atoms with Gasteiger partial charge >= 0.3 is 0 Å². The van der Waals surface area contributed by atoms with Gasteiger partial charge in [0.1, 0.15) is 17.2 Å². The fourth-order valence-corrected chi connectivity index (χ4v) is 4.46. The summed E-state index contributed by atoms with van der Waals surface area (Å²) in [6.45, 7) is 1.17. The van der Waals surface area contributed by atoms with Crippen LogP contribution in [0, 0.1) is 12.3 Å². The number of likely N-dealkylation sites (tertiary alicyclic amines) is 1. The molecule has 2 amide bonds. The Morgan fingerprint density at radius 2 is 1.74 bits per heavy atom. The Morgan fingerprint density at radius 3 is 2.38 bits per heavy atom. The van der Waals surface area contributed by atoms with E-state index in [1.807, 2.05) is 60.8 Å². The molecule has 1 saturated heterocycles. The third-order valence-corrected chi connectivity index (χ3v) is 6.17. The van der Waals surface area contributed by atoms with Gasteiger partial charge in [-0.2, -0.15) is 0 Å². The summed E-state index contributed by atoms with van der Waals surface area (Å²) in [5.41, 5.74) is 8.95. The van der Waals surface area contributed by atoms with E-state index < -0.39 is 5.91 Å². The van der Waals surface area contributed by atoms with Gasteiger partial charge in [0.25, 0.3) is 11.8 Å². The molecule has 4 aromatic rings. The van der Waals surface area contributed by atoms with Gasteiger partial charge in [0.2, 0.25) is 0 Å². The van der Waals surface area contributed by atoms with Gasteiger partial charge in [0, 0.05) is 30.4 Å². The number of amides is 2. The Labute approximate surface area is 196 Å². The number of aromatic amines is 1. The number of rotatable bonds is 5. The number of benzene rings is 2. The van der Waals surface area contributed by atoms with Crippen LogP contribution in [-0.2, 0) is 4.79 Å². The number of ether oxygens (including phenoxy) is 1. The van der Waals surface area contributed by atoms with Crippen molar-refractivity contribution >= 4 is 17.5 Å². The zero-order valence-electron chi connectivity index (χ0n) is 18.4. The van der Waals surface area contributed by atoms with Crippen LogP contribution in [-0.4, -0.2) is 44.4 Å². The second-order valence-electron chi connectivity index (χ2n) is 8.21. The molecule has 0 saturated carbocycles. The van der Waals surface area contributed by atoms with Crippen LogP contribution in [0.25, 0.3) is 16.9 Å². The van der Waals surface area contributed by atoms with Gasteiger partial charge in [-0.15, -0.1) is 6.42 Å². The minimum atomic E-state index is -0.574. The molecule has 8 nitrogen and oxygen atoms in total. The normalized spacial score (nSPS) is 14.1. The minimum Gasteiger partial charge on any atom is -0.457 e. The number of hydrogen-bond donors (Lipinski definition) is 2. The van der Waals surface area contributed by atoms with Crippen LogP contribution < -0.4 is 10.5 Å². The smallest absolute Gasteiger partial charge is 0.298 e. The first-order valence-corrected chi connectivity index (χ1v) is 11.0. The highest BCUT2D eigenvalue weighted by Gasteiger charge is 2.28. The number of nitrogens with two attached hydrogens (primary N) is 1. The Balaban J connectivity index is 1.44.